The monoisotopic (exact) mass is 211 g/mol. The smallest absolute Gasteiger partial charge is 0.0672 e. The van der Waals surface area contributed by atoms with Gasteiger partial charge in [-0.1, -0.05) is 32.6 Å². The van der Waals surface area contributed by atoms with Crippen molar-refractivity contribution in [2.75, 3.05) is 13.2 Å². The lowest BCUT2D eigenvalue weighted by atomic mass is 9.80. The van der Waals surface area contributed by atoms with Crippen LogP contribution in [0.1, 0.15) is 46.0 Å². The maximum absolute atomic E-state index is 5.69. The molecule has 2 fully saturated rings. The third-order valence-corrected chi connectivity index (χ3v) is 4.03. The molecule has 2 heteroatoms. The third-order valence-electron chi connectivity index (χ3n) is 4.03. The summed E-state index contributed by atoms with van der Waals surface area (Å²) in [5.41, 5.74) is 0. The first-order valence-corrected chi connectivity index (χ1v) is 6.59. The molecule has 0 aromatic carbocycles. The van der Waals surface area contributed by atoms with E-state index in [1.807, 2.05) is 0 Å². The maximum Gasteiger partial charge on any atom is 0.0672 e. The van der Waals surface area contributed by atoms with Gasteiger partial charge in [0.15, 0.2) is 0 Å². The van der Waals surface area contributed by atoms with Crippen LogP contribution in [0, 0.1) is 11.8 Å². The Morgan fingerprint density at radius 3 is 2.47 bits per heavy atom. The Labute approximate surface area is 93.8 Å². The standard InChI is InChI=1S/C13H25NO/c1-10-3-5-12(6-4-10)7-13-9-15-11(2)8-14-13/h10-14H,3-9H2,1-2H3. The molecule has 2 unspecified atom stereocenters. The largest absolute Gasteiger partial charge is 0.376 e. The second-order valence-electron chi connectivity index (χ2n) is 5.61. The van der Waals surface area contributed by atoms with E-state index in [1.165, 1.54) is 32.1 Å². The predicted octanol–water partition coefficient (Wildman–Crippen LogP) is 2.58. The molecule has 1 saturated heterocycles. The lowest BCUT2D eigenvalue weighted by molar-refractivity contribution is 0.00797. The Kier molecular flexibility index (Phi) is 4.04. The van der Waals surface area contributed by atoms with Crippen LogP contribution in [0.4, 0.5) is 0 Å². The van der Waals surface area contributed by atoms with Crippen LogP contribution in [-0.4, -0.2) is 25.3 Å². The van der Waals surface area contributed by atoms with Gasteiger partial charge in [0.1, 0.15) is 0 Å². The summed E-state index contributed by atoms with van der Waals surface area (Å²) in [5, 5.41) is 3.60. The Morgan fingerprint density at radius 2 is 1.87 bits per heavy atom. The first kappa shape index (κ1) is 11.4. The molecule has 0 amide bonds. The molecule has 1 aliphatic heterocycles. The number of morpholine rings is 1. The quantitative estimate of drug-likeness (QED) is 0.758. The average Bonchev–Trinajstić information content (AvgIpc) is 2.25. The number of rotatable bonds is 2. The van der Waals surface area contributed by atoms with E-state index in [2.05, 4.69) is 19.2 Å². The van der Waals surface area contributed by atoms with Crippen LogP contribution in [0.2, 0.25) is 0 Å². The Balaban J connectivity index is 1.68. The normalized spacial score (nSPS) is 42.8. The summed E-state index contributed by atoms with van der Waals surface area (Å²) >= 11 is 0. The van der Waals surface area contributed by atoms with E-state index in [9.17, 15) is 0 Å². The summed E-state index contributed by atoms with van der Waals surface area (Å²) in [4.78, 5) is 0. The fourth-order valence-electron chi connectivity index (χ4n) is 2.85. The Bertz CT molecular complexity index is 159. The first-order chi connectivity index (χ1) is 7.24. The summed E-state index contributed by atoms with van der Waals surface area (Å²) in [6.07, 6.45) is 7.50. The zero-order valence-electron chi connectivity index (χ0n) is 10.2. The molecular formula is C13H25NO. The molecule has 1 N–H and O–H groups in total. The Morgan fingerprint density at radius 1 is 1.13 bits per heavy atom. The predicted molar refractivity (Wildman–Crippen MR) is 62.9 cm³/mol. The third kappa shape index (κ3) is 3.46. The van der Waals surface area contributed by atoms with E-state index in [-0.39, 0.29) is 0 Å². The van der Waals surface area contributed by atoms with E-state index in [0.29, 0.717) is 12.1 Å². The molecule has 88 valence electrons. The molecule has 1 heterocycles. The van der Waals surface area contributed by atoms with Crippen LogP contribution < -0.4 is 5.32 Å². The highest BCUT2D eigenvalue weighted by Gasteiger charge is 2.24. The second-order valence-corrected chi connectivity index (χ2v) is 5.61. The maximum atomic E-state index is 5.69. The fourth-order valence-corrected chi connectivity index (χ4v) is 2.85. The molecule has 2 aliphatic rings. The molecule has 0 spiro atoms. The zero-order chi connectivity index (χ0) is 10.7. The number of hydrogen-bond acceptors (Lipinski definition) is 2. The van der Waals surface area contributed by atoms with Crippen LogP contribution in [-0.2, 0) is 4.74 Å². The lowest BCUT2D eigenvalue weighted by Crippen LogP contribution is -2.46. The van der Waals surface area contributed by atoms with E-state index < -0.39 is 0 Å². The molecule has 0 aromatic heterocycles. The number of ether oxygens (including phenoxy) is 1. The summed E-state index contributed by atoms with van der Waals surface area (Å²) in [5.74, 6) is 1.92. The van der Waals surface area contributed by atoms with Crippen LogP contribution in [0.25, 0.3) is 0 Å². The van der Waals surface area contributed by atoms with Crippen molar-refractivity contribution < 1.29 is 4.74 Å². The van der Waals surface area contributed by atoms with Crippen LogP contribution in [0.15, 0.2) is 0 Å². The van der Waals surface area contributed by atoms with Crippen molar-refractivity contribution in [1.82, 2.24) is 5.32 Å². The molecule has 1 saturated carbocycles. The van der Waals surface area contributed by atoms with E-state index in [0.717, 1.165) is 25.0 Å². The van der Waals surface area contributed by atoms with Gasteiger partial charge < -0.3 is 10.1 Å². The summed E-state index contributed by atoms with van der Waals surface area (Å²) in [6, 6.07) is 0.625. The molecule has 0 bridgehead atoms. The van der Waals surface area contributed by atoms with Gasteiger partial charge in [-0.3, -0.25) is 0 Å². The topological polar surface area (TPSA) is 21.3 Å². The first-order valence-electron chi connectivity index (χ1n) is 6.59. The van der Waals surface area contributed by atoms with Crippen molar-refractivity contribution in [2.24, 2.45) is 11.8 Å². The molecule has 2 nitrogen and oxygen atoms in total. The average molecular weight is 211 g/mol. The highest BCUT2D eigenvalue weighted by molar-refractivity contribution is 4.79. The van der Waals surface area contributed by atoms with Gasteiger partial charge in [-0.05, 0) is 25.2 Å². The van der Waals surface area contributed by atoms with Crippen LogP contribution in [0.5, 0.6) is 0 Å². The van der Waals surface area contributed by atoms with E-state index in [1.54, 1.807) is 0 Å². The van der Waals surface area contributed by atoms with Gasteiger partial charge in [0, 0.05) is 12.6 Å². The number of hydrogen-bond donors (Lipinski definition) is 1. The van der Waals surface area contributed by atoms with Crippen molar-refractivity contribution in [2.45, 2.75) is 58.1 Å². The van der Waals surface area contributed by atoms with Gasteiger partial charge in [-0.2, -0.15) is 0 Å². The molecule has 0 radical (unpaired) electrons. The molecule has 0 aromatic rings. The van der Waals surface area contributed by atoms with Crippen molar-refractivity contribution in [3.63, 3.8) is 0 Å². The van der Waals surface area contributed by atoms with Gasteiger partial charge in [0.2, 0.25) is 0 Å². The van der Waals surface area contributed by atoms with Gasteiger partial charge >= 0.3 is 0 Å². The Hall–Kier alpha value is -0.0800. The number of nitrogens with one attached hydrogen (secondary N) is 1. The van der Waals surface area contributed by atoms with Crippen molar-refractivity contribution in [1.29, 1.82) is 0 Å². The summed E-state index contributed by atoms with van der Waals surface area (Å²) in [6.45, 7) is 6.49. The van der Waals surface area contributed by atoms with Gasteiger partial charge in [0.05, 0.1) is 12.7 Å². The lowest BCUT2D eigenvalue weighted by Gasteiger charge is -2.33. The summed E-state index contributed by atoms with van der Waals surface area (Å²) in [7, 11) is 0. The SMILES string of the molecule is CC1CCC(CC2COC(C)CN2)CC1. The van der Waals surface area contributed by atoms with Crippen molar-refractivity contribution in [3.8, 4) is 0 Å². The fraction of sp³-hybridized carbons (Fsp3) is 1.00. The minimum Gasteiger partial charge on any atom is -0.376 e. The van der Waals surface area contributed by atoms with Crippen LogP contribution in [0.3, 0.4) is 0 Å². The molecule has 1 aliphatic carbocycles. The summed E-state index contributed by atoms with van der Waals surface area (Å²) < 4.78 is 5.69. The molecule has 2 atom stereocenters. The van der Waals surface area contributed by atoms with E-state index in [4.69, 9.17) is 4.74 Å². The highest BCUT2D eigenvalue weighted by atomic mass is 16.5. The van der Waals surface area contributed by atoms with Gasteiger partial charge in [-0.25, -0.2) is 0 Å². The van der Waals surface area contributed by atoms with Crippen LogP contribution >= 0.6 is 0 Å². The highest BCUT2D eigenvalue weighted by Crippen LogP contribution is 2.31. The van der Waals surface area contributed by atoms with Crippen molar-refractivity contribution >= 4 is 0 Å². The molecule has 2 rings (SSSR count). The van der Waals surface area contributed by atoms with Gasteiger partial charge in [-0.15, -0.1) is 0 Å². The van der Waals surface area contributed by atoms with E-state index >= 15 is 0 Å². The van der Waals surface area contributed by atoms with Gasteiger partial charge in [0.25, 0.3) is 0 Å². The second kappa shape index (κ2) is 5.31. The molecular weight excluding hydrogens is 186 g/mol. The zero-order valence-corrected chi connectivity index (χ0v) is 10.2. The van der Waals surface area contributed by atoms with Crippen molar-refractivity contribution in [3.05, 3.63) is 0 Å². The minimum atomic E-state index is 0.410. The molecule has 15 heavy (non-hydrogen) atoms. The minimum absolute atomic E-state index is 0.410.